The number of hydrogen-bond acceptors (Lipinski definition) is 2. The van der Waals surface area contributed by atoms with Gasteiger partial charge in [0.25, 0.3) is 0 Å². The molecule has 0 unspecified atom stereocenters. The van der Waals surface area contributed by atoms with E-state index in [0.29, 0.717) is 12.1 Å². The standard InChI is InChI=1S/C13H26N2/c14-12-5-1-3-10(8-12)7-11-4-2-6-13(15)9-11/h10-13H,1-9,14-15H2/t10-,11-,12-,13-/m1/s1. The molecule has 0 radical (unpaired) electrons. The van der Waals surface area contributed by atoms with Gasteiger partial charge >= 0.3 is 0 Å². The third-order valence-electron chi connectivity index (χ3n) is 4.31. The third-order valence-corrected chi connectivity index (χ3v) is 4.31. The fourth-order valence-electron chi connectivity index (χ4n) is 3.56. The van der Waals surface area contributed by atoms with Gasteiger partial charge in [-0.1, -0.05) is 25.7 Å². The minimum Gasteiger partial charge on any atom is -0.328 e. The van der Waals surface area contributed by atoms with Crippen LogP contribution in [-0.4, -0.2) is 12.1 Å². The maximum Gasteiger partial charge on any atom is 0.00414 e. The lowest BCUT2D eigenvalue weighted by Gasteiger charge is -2.33. The normalized spacial score (nSPS) is 42.8. The van der Waals surface area contributed by atoms with E-state index in [9.17, 15) is 0 Å². The molecule has 0 amide bonds. The molecule has 2 rings (SSSR count). The van der Waals surface area contributed by atoms with E-state index in [1.54, 1.807) is 0 Å². The number of rotatable bonds is 2. The summed E-state index contributed by atoms with van der Waals surface area (Å²) < 4.78 is 0. The van der Waals surface area contributed by atoms with Gasteiger partial charge < -0.3 is 11.5 Å². The molecule has 2 fully saturated rings. The molecule has 0 aromatic heterocycles. The van der Waals surface area contributed by atoms with Gasteiger partial charge in [0.15, 0.2) is 0 Å². The highest BCUT2D eigenvalue weighted by molar-refractivity contribution is 4.81. The molecule has 0 aliphatic heterocycles. The summed E-state index contributed by atoms with van der Waals surface area (Å²) >= 11 is 0. The van der Waals surface area contributed by atoms with Gasteiger partial charge in [0.1, 0.15) is 0 Å². The van der Waals surface area contributed by atoms with Crippen LogP contribution in [0.4, 0.5) is 0 Å². The summed E-state index contributed by atoms with van der Waals surface area (Å²) in [6.07, 6.45) is 12.0. The quantitative estimate of drug-likeness (QED) is 0.735. The fraction of sp³-hybridized carbons (Fsp3) is 1.00. The first-order chi connectivity index (χ1) is 7.24. The molecule has 2 nitrogen and oxygen atoms in total. The molecule has 0 bridgehead atoms. The lowest BCUT2D eigenvalue weighted by atomic mass is 9.75. The second-order valence-electron chi connectivity index (χ2n) is 5.82. The van der Waals surface area contributed by atoms with Crippen molar-refractivity contribution in [2.75, 3.05) is 0 Å². The lowest BCUT2D eigenvalue weighted by molar-refractivity contribution is 0.221. The molecular weight excluding hydrogens is 184 g/mol. The van der Waals surface area contributed by atoms with Crippen LogP contribution in [0, 0.1) is 11.8 Å². The van der Waals surface area contributed by atoms with Crippen LogP contribution in [0.5, 0.6) is 0 Å². The number of nitrogens with two attached hydrogens (primary N) is 2. The Bertz CT molecular complexity index is 173. The van der Waals surface area contributed by atoms with E-state index in [0.717, 1.165) is 11.8 Å². The van der Waals surface area contributed by atoms with E-state index in [2.05, 4.69) is 0 Å². The molecule has 15 heavy (non-hydrogen) atoms. The maximum absolute atomic E-state index is 6.03. The predicted molar refractivity (Wildman–Crippen MR) is 64.5 cm³/mol. The van der Waals surface area contributed by atoms with Crippen LogP contribution < -0.4 is 11.5 Å². The van der Waals surface area contributed by atoms with E-state index < -0.39 is 0 Å². The topological polar surface area (TPSA) is 52.0 Å². The van der Waals surface area contributed by atoms with Gasteiger partial charge in [0.05, 0.1) is 0 Å². The lowest BCUT2D eigenvalue weighted by Crippen LogP contribution is -2.32. The van der Waals surface area contributed by atoms with Crippen molar-refractivity contribution in [3.63, 3.8) is 0 Å². The van der Waals surface area contributed by atoms with E-state index in [1.165, 1.54) is 57.8 Å². The molecule has 4 atom stereocenters. The van der Waals surface area contributed by atoms with Crippen LogP contribution in [0.1, 0.15) is 57.8 Å². The predicted octanol–water partition coefficient (Wildman–Crippen LogP) is 2.41. The molecule has 88 valence electrons. The van der Waals surface area contributed by atoms with E-state index >= 15 is 0 Å². The van der Waals surface area contributed by atoms with Crippen molar-refractivity contribution in [2.24, 2.45) is 23.3 Å². The molecule has 0 aromatic rings. The zero-order chi connectivity index (χ0) is 10.7. The first kappa shape index (κ1) is 11.4. The van der Waals surface area contributed by atoms with Crippen molar-refractivity contribution in [3.8, 4) is 0 Å². The molecule has 2 aliphatic carbocycles. The highest BCUT2D eigenvalue weighted by Crippen LogP contribution is 2.34. The van der Waals surface area contributed by atoms with Crippen LogP contribution in [0.3, 0.4) is 0 Å². The first-order valence-corrected chi connectivity index (χ1v) is 6.75. The average molecular weight is 210 g/mol. The summed E-state index contributed by atoms with van der Waals surface area (Å²) in [6, 6.07) is 0.974. The Morgan fingerprint density at radius 1 is 0.733 bits per heavy atom. The van der Waals surface area contributed by atoms with E-state index in [4.69, 9.17) is 11.5 Å². The van der Waals surface area contributed by atoms with E-state index in [1.807, 2.05) is 0 Å². The monoisotopic (exact) mass is 210 g/mol. The van der Waals surface area contributed by atoms with Crippen molar-refractivity contribution < 1.29 is 0 Å². The van der Waals surface area contributed by atoms with Gasteiger partial charge in [0.2, 0.25) is 0 Å². The van der Waals surface area contributed by atoms with Gasteiger partial charge in [-0.2, -0.15) is 0 Å². The van der Waals surface area contributed by atoms with Crippen LogP contribution in [0.25, 0.3) is 0 Å². The molecule has 0 heterocycles. The highest BCUT2D eigenvalue weighted by Gasteiger charge is 2.25. The smallest absolute Gasteiger partial charge is 0.00414 e. The second-order valence-corrected chi connectivity index (χ2v) is 5.82. The second kappa shape index (κ2) is 5.31. The van der Waals surface area contributed by atoms with Gasteiger partial charge in [-0.25, -0.2) is 0 Å². The minimum atomic E-state index is 0.487. The highest BCUT2D eigenvalue weighted by atomic mass is 14.6. The maximum atomic E-state index is 6.03. The molecule has 4 N–H and O–H groups in total. The Kier molecular flexibility index (Phi) is 4.04. The van der Waals surface area contributed by atoms with Crippen LogP contribution in [-0.2, 0) is 0 Å². The summed E-state index contributed by atoms with van der Waals surface area (Å²) in [5.74, 6) is 1.81. The van der Waals surface area contributed by atoms with Crippen molar-refractivity contribution in [3.05, 3.63) is 0 Å². The number of hydrogen-bond donors (Lipinski definition) is 2. The van der Waals surface area contributed by atoms with Crippen LogP contribution >= 0.6 is 0 Å². The molecule has 2 aliphatic rings. The molecule has 2 heteroatoms. The fourth-order valence-corrected chi connectivity index (χ4v) is 3.56. The Labute approximate surface area is 93.8 Å². The Hall–Kier alpha value is -0.0800. The Balaban J connectivity index is 1.75. The zero-order valence-corrected chi connectivity index (χ0v) is 9.83. The van der Waals surface area contributed by atoms with Crippen molar-refractivity contribution in [1.29, 1.82) is 0 Å². The summed E-state index contributed by atoms with van der Waals surface area (Å²) in [6.45, 7) is 0. The van der Waals surface area contributed by atoms with Crippen LogP contribution in [0.2, 0.25) is 0 Å². The molecule has 0 aromatic carbocycles. The Morgan fingerprint density at radius 3 is 1.60 bits per heavy atom. The molecule has 2 saturated carbocycles. The van der Waals surface area contributed by atoms with Crippen molar-refractivity contribution in [2.45, 2.75) is 69.9 Å². The summed E-state index contributed by atoms with van der Waals surface area (Å²) in [7, 11) is 0. The minimum absolute atomic E-state index is 0.487. The SMILES string of the molecule is N[C@@H]1CCC[C@H](C[C@H]2CCC[C@@H](N)C2)C1. The largest absolute Gasteiger partial charge is 0.328 e. The zero-order valence-electron chi connectivity index (χ0n) is 9.83. The average Bonchev–Trinajstić information content (AvgIpc) is 2.17. The summed E-state index contributed by atoms with van der Waals surface area (Å²) in [4.78, 5) is 0. The van der Waals surface area contributed by atoms with E-state index in [-0.39, 0.29) is 0 Å². The summed E-state index contributed by atoms with van der Waals surface area (Å²) in [5, 5.41) is 0. The van der Waals surface area contributed by atoms with Crippen LogP contribution in [0.15, 0.2) is 0 Å². The van der Waals surface area contributed by atoms with Crippen molar-refractivity contribution in [1.82, 2.24) is 0 Å². The van der Waals surface area contributed by atoms with Crippen molar-refractivity contribution >= 4 is 0 Å². The molecule has 0 spiro atoms. The Morgan fingerprint density at radius 2 is 1.20 bits per heavy atom. The molecular formula is C13H26N2. The third kappa shape index (κ3) is 3.46. The summed E-state index contributed by atoms with van der Waals surface area (Å²) in [5.41, 5.74) is 12.1. The van der Waals surface area contributed by atoms with Gasteiger partial charge in [-0.15, -0.1) is 0 Å². The van der Waals surface area contributed by atoms with Gasteiger partial charge in [-0.3, -0.25) is 0 Å². The van der Waals surface area contributed by atoms with Gasteiger partial charge in [-0.05, 0) is 43.9 Å². The van der Waals surface area contributed by atoms with Gasteiger partial charge in [0, 0.05) is 12.1 Å². The first-order valence-electron chi connectivity index (χ1n) is 6.75. The molecule has 0 saturated heterocycles.